The molecule has 2 heterocycles. The molecule has 2 N–H and O–H groups in total. The van der Waals surface area contributed by atoms with Crippen LogP contribution in [0.5, 0.6) is 0 Å². The molecule has 0 spiro atoms. The molecule has 0 aromatic carbocycles. The third kappa shape index (κ3) is 3.12. The van der Waals surface area contributed by atoms with Crippen LogP contribution in [0.25, 0.3) is 0 Å². The van der Waals surface area contributed by atoms with Crippen LogP contribution in [0.2, 0.25) is 0 Å². The number of aromatic nitrogens is 1. The Hall–Kier alpha value is -2.21. The van der Waals surface area contributed by atoms with Gasteiger partial charge >= 0.3 is 0 Å². The number of amides is 1. The molecular formula is C11H9N3O2S. The molecule has 2 aromatic heterocycles. The molecule has 0 aliphatic carbocycles. The number of nitrogens with zero attached hydrogens (tertiary/aromatic N) is 1. The van der Waals surface area contributed by atoms with Gasteiger partial charge in [0.05, 0.1) is 18.1 Å². The van der Waals surface area contributed by atoms with Crippen LogP contribution in [-0.4, -0.2) is 16.0 Å². The molecule has 0 atom stereocenters. The molecule has 0 fully saturated rings. The first kappa shape index (κ1) is 11.3. The molecule has 0 bridgehead atoms. The Labute approximate surface area is 103 Å². The highest BCUT2D eigenvalue weighted by Crippen LogP contribution is 2.03. The van der Waals surface area contributed by atoms with E-state index in [1.54, 1.807) is 36.7 Å². The Morgan fingerprint density at radius 2 is 2.24 bits per heavy atom. The highest BCUT2D eigenvalue weighted by Gasteiger charge is 2.09. The minimum atomic E-state index is -0.392. The predicted octanol–water partition coefficient (Wildman–Crippen LogP) is 1.80. The van der Waals surface area contributed by atoms with Gasteiger partial charge in [-0.3, -0.25) is 15.1 Å². The molecule has 0 unspecified atom stereocenters. The van der Waals surface area contributed by atoms with Gasteiger partial charge in [0, 0.05) is 6.20 Å². The third-order valence-corrected chi connectivity index (χ3v) is 2.10. The largest absolute Gasteiger partial charge is 0.459 e. The van der Waals surface area contributed by atoms with Crippen molar-refractivity contribution in [3.05, 3.63) is 48.7 Å². The summed E-state index contributed by atoms with van der Waals surface area (Å²) in [6.45, 7) is 0. The summed E-state index contributed by atoms with van der Waals surface area (Å²) >= 11 is 4.97. The molecule has 0 radical (unpaired) electrons. The fourth-order valence-corrected chi connectivity index (χ4v) is 1.38. The summed E-state index contributed by atoms with van der Waals surface area (Å²) in [6, 6.07) is 6.74. The third-order valence-electron chi connectivity index (χ3n) is 1.89. The van der Waals surface area contributed by atoms with Gasteiger partial charge in [-0.1, -0.05) is 0 Å². The van der Waals surface area contributed by atoms with Crippen molar-refractivity contribution in [3.63, 3.8) is 0 Å². The number of rotatable bonds is 2. The Kier molecular flexibility index (Phi) is 3.46. The Balaban J connectivity index is 1.92. The number of anilines is 1. The van der Waals surface area contributed by atoms with Gasteiger partial charge in [0.2, 0.25) is 0 Å². The maximum Gasteiger partial charge on any atom is 0.293 e. The average Bonchev–Trinajstić information content (AvgIpc) is 2.83. The van der Waals surface area contributed by atoms with E-state index < -0.39 is 5.91 Å². The average molecular weight is 247 g/mol. The summed E-state index contributed by atoms with van der Waals surface area (Å²) < 4.78 is 4.93. The van der Waals surface area contributed by atoms with E-state index in [0.717, 1.165) is 0 Å². The van der Waals surface area contributed by atoms with E-state index in [1.807, 2.05) is 0 Å². The van der Waals surface area contributed by atoms with E-state index in [0.29, 0.717) is 5.69 Å². The molecule has 17 heavy (non-hydrogen) atoms. The lowest BCUT2D eigenvalue weighted by Crippen LogP contribution is -2.33. The van der Waals surface area contributed by atoms with Crippen molar-refractivity contribution in [1.82, 2.24) is 10.3 Å². The van der Waals surface area contributed by atoms with Crippen molar-refractivity contribution in [1.29, 1.82) is 0 Å². The second-order valence-electron chi connectivity index (χ2n) is 3.13. The topological polar surface area (TPSA) is 67.2 Å². The van der Waals surface area contributed by atoms with Crippen molar-refractivity contribution in [2.24, 2.45) is 0 Å². The van der Waals surface area contributed by atoms with Crippen LogP contribution in [0, 0.1) is 0 Å². The molecule has 86 valence electrons. The Morgan fingerprint density at radius 1 is 1.35 bits per heavy atom. The van der Waals surface area contributed by atoms with Gasteiger partial charge in [-0.05, 0) is 36.5 Å². The van der Waals surface area contributed by atoms with Crippen molar-refractivity contribution in [2.75, 3.05) is 5.32 Å². The maximum absolute atomic E-state index is 11.6. The molecule has 2 rings (SSSR count). The SMILES string of the molecule is O=C(NC(=S)Nc1cccnc1)c1ccco1. The molecule has 5 nitrogen and oxygen atoms in total. The second-order valence-corrected chi connectivity index (χ2v) is 3.54. The van der Waals surface area contributed by atoms with E-state index in [1.165, 1.54) is 6.26 Å². The Bertz CT molecular complexity index is 511. The number of thiocarbonyl (C=S) groups is 1. The summed E-state index contributed by atoms with van der Waals surface area (Å²) in [7, 11) is 0. The maximum atomic E-state index is 11.6. The summed E-state index contributed by atoms with van der Waals surface area (Å²) in [6.07, 6.45) is 4.67. The molecule has 0 aliphatic rings. The normalized spacial score (nSPS) is 9.65. The first-order chi connectivity index (χ1) is 8.25. The fourth-order valence-electron chi connectivity index (χ4n) is 1.17. The van der Waals surface area contributed by atoms with Crippen LogP contribution in [0.3, 0.4) is 0 Å². The molecule has 6 heteroatoms. The Morgan fingerprint density at radius 3 is 2.88 bits per heavy atom. The number of carbonyl (C=O) groups excluding carboxylic acids is 1. The monoisotopic (exact) mass is 247 g/mol. The number of furan rings is 1. The highest BCUT2D eigenvalue weighted by molar-refractivity contribution is 7.80. The van der Waals surface area contributed by atoms with Crippen LogP contribution in [0.1, 0.15) is 10.6 Å². The van der Waals surface area contributed by atoms with Crippen molar-refractivity contribution in [3.8, 4) is 0 Å². The highest BCUT2D eigenvalue weighted by atomic mass is 32.1. The van der Waals surface area contributed by atoms with Gasteiger partial charge in [0.1, 0.15) is 0 Å². The van der Waals surface area contributed by atoms with Crippen molar-refractivity contribution < 1.29 is 9.21 Å². The minimum Gasteiger partial charge on any atom is -0.459 e. The predicted molar refractivity (Wildman–Crippen MR) is 66.6 cm³/mol. The van der Waals surface area contributed by atoms with Crippen LogP contribution in [0.15, 0.2) is 47.3 Å². The molecule has 0 aliphatic heterocycles. The fraction of sp³-hybridized carbons (Fsp3) is 0. The molecule has 0 saturated carbocycles. The molecule has 2 aromatic rings. The summed E-state index contributed by atoms with van der Waals surface area (Å²) in [5.41, 5.74) is 0.706. The van der Waals surface area contributed by atoms with E-state index in [-0.39, 0.29) is 10.9 Å². The zero-order valence-corrected chi connectivity index (χ0v) is 9.53. The quantitative estimate of drug-likeness (QED) is 0.792. The summed E-state index contributed by atoms with van der Waals surface area (Å²) in [4.78, 5) is 15.5. The molecule has 1 amide bonds. The lowest BCUT2D eigenvalue weighted by Gasteiger charge is -2.07. The van der Waals surface area contributed by atoms with Crippen molar-refractivity contribution in [2.45, 2.75) is 0 Å². The van der Waals surface area contributed by atoms with Crippen LogP contribution < -0.4 is 10.6 Å². The summed E-state index contributed by atoms with van der Waals surface area (Å²) in [5, 5.41) is 5.51. The molecular weight excluding hydrogens is 238 g/mol. The zero-order chi connectivity index (χ0) is 12.1. The lowest BCUT2D eigenvalue weighted by atomic mass is 10.4. The van der Waals surface area contributed by atoms with E-state index in [9.17, 15) is 4.79 Å². The molecule has 0 saturated heterocycles. The number of carbonyl (C=O) groups is 1. The van der Waals surface area contributed by atoms with E-state index in [2.05, 4.69) is 15.6 Å². The number of hydrogen-bond donors (Lipinski definition) is 2. The number of pyridine rings is 1. The van der Waals surface area contributed by atoms with E-state index >= 15 is 0 Å². The number of nitrogens with one attached hydrogen (secondary N) is 2. The lowest BCUT2D eigenvalue weighted by molar-refractivity contribution is 0.0950. The van der Waals surface area contributed by atoms with Crippen LogP contribution in [0.4, 0.5) is 5.69 Å². The van der Waals surface area contributed by atoms with Crippen molar-refractivity contribution >= 4 is 28.9 Å². The smallest absolute Gasteiger partial charge is 0.293 e. The van der Waals surface area contributed by atoms with Gasteiger partial charge in [-0.15, -0.1) is 0 Å². The minimum absolute atomic E-state index is 0.194. The van der Waals surface area contributed by atoms with Gasteiger partial charge in [0.15, 0.2) is 10.9 Å². The van der Waals surface area contributed by atoms with E-state index in [4.69, 9.17) is 16.6 Å². The van der Waals surface area contributed by atoms with Gasteiger partial charge in [-0.25, -0.2) is 0 Å². The standard InChI is InChI=1S/C11H9N3O2S/c15-10(9-4-2-6-16-9)14-11(17)13-8-3-1-5-12-7-8/h1-7H,(H2,13,14,15,17). The van der Waals surface area contributed by atoms with Crippen LogP contribution in [-0.2, 0) is 0 Å². The number of hydrogen-bond acceptors (Lipinski definition) is 4. The zero-order valence-electron chi connectivity index (χ0n) is 8.71. The van der Waals surface area contributed by atoms with Gasteiger partial charge in [0.25, 0.3) is 5.91 Å². The van der Waals surface area contributed by atoms with Gasteiger partial charge in [-0.2, -0.15) is 0 Å². The van der Waals surface area contributed by atoms with Crippen LogP contribution >= 0.6 is 12.2 Å². The summed E-state index contributed by atoms with van der Waals surface area (Å²) in [5.74, 6) is -0.184. The first-order valence-corrected chi connectivity index (χ1v) is 5.22. The second kappa shape index (κ2) is 5.22. The first-order valence-electron chi connectivity index (χ1n) is 4.81. The van der Waals surface area contributed by atoms with Gasteiger partial charge < -0.3 is 9.73 Å².